The fraction of sp³-hybridized carbons (Fsp3) is 0.304. The standard InChI is InChI=1S/C23H19F4N5O4/c1-12(24)21(34)30-10-13(11-30)19-18-16(31-9-7-17(33)22(31)35)6-8-28-20(18)32(29-19)14-2-4-15(5-3-14)36-23(25,26)27/h2-6,8,13,17,33H,1,7,9-11H2/t17-/m0/s1. The van der Waals surface area contributed by atoms with Gasteiger partial charge in [-0.15, -0.1) is 13.2 Å². The molecule has 2 aliphatic rings. The molecule has 1 atom stereocenters. The SMILES string of the molecule is C=C(F)C(=O)N1CC(c2nn(-c3ccc(OC(F)(F)F)cc3)c3nccc(N4CC[C@H](O)C4=O)c23)C1. The molecule has 1 N–H and O–H groups in total. The molecule has 3 aromatic rings. The molecule has 0 aliphatic carbocycles. The van der Waals surface area contributed by atoms with E-state index in [4.69, 9.17) is 0 Å². The predicted molar refractivity (Wildman–Crippen MR) is 118 cm³/mol. The Labute approximate surface area is 201 Å². The zero-order valence-electron chi connectivity index (χ0n) is 18.6. The minimum atomic E-state index is -4.84. The van der Waals surface area contributed by atoms with Crippen molar-refractivity contribution in [3.8, 4) is 11.4 Å². The molecule has 0 spiro atoms. The average molecular weight is 505 g/mol. The number of ether oxygens (including phenoxy) is 1. The van der Waals surface area contributed by atoms with Crippen LogP contribution in [0.2, 0.25) is 0 Å². The molecule has 2 aromatic heterocycles. The predicted octanol–water partition coefficient (Wildman–Crippen LogP) is 2.83. The van der Waals surface area contributed by atoms with Gasteiger partial charge in [-0.3, -0.25) is 9.59 Å². The first-order valence-electron chi connectivity index (χ1n) is 10.9. The van der Waals surface area contributed by atoms with Crippen LogP contribution in [0.5, 0.6) is 5.75 Å². The number of aliphatic hydroxyl groups is 1. The highest BCUT2D eigenvalue weighted by Gasteiger charge is 2.39. The number of benzene rings is 1. The summed E-state index contributed by atoms with van der Waals surface area (Å²) in [4.78, 5) is 31.6. The summed E-state index contributed by atoms with van der Waals surface area (Å²) in [5.41, 5.74) is 1.63. The second-order valence-electron chi connectivity index (χ2n) is 8.47. The molecule has 1 aromatic carbocycles. The van der Waals surface area contributed by atoms with Gasteiger partial charge in [0.05, 0.1) is 22.5 Å². The topological polar surface area (TPSA) is 101 Å². The number of aliphatic hydroxyl groups excluding tert-OH is 1. The molecule has 2 aliphatic heterocycles. The van der Waals surface area contributed by atoms with E-state index in [1.807, 2.05) is 0 Å². The lowest BCUT2D eigenvalue weighted by atomic mass is 9.93. The maximum Gasteiger partial charge on any atom is 0.573 e. The lowest BCUT2D eigenvalue weighted by Gasteiger charge is -2.38. The number of aromatic nitrogens is 3. The Morgan fingerprint density at radius 1 is 1.17 bits per heavy atom. The molecule has 5 rings (SSSR count). The molecular weight excluding hydrogens is 486 g/mol. The van der Waals surface area contributed by atoms with Crippen molar-refractivity contribution < 1.29 is 37.0 Å². The summed E-state index contributed by atoms with van der Waals surface area (Å²) in [7, 11) is 0. The minimum absolute atomic E-state index is 0.150. The summed E-state index contributed by atoms with van der Waals surface area (Å²) < 4.78 is 56.3. The van der Waals surface area contributed by atoms with Crippen LogP contribution in [0.15, 0.2) is 48.9 Å². The molecule has 188 valence electrons. The van der Waals surface area contributed by atoms with E-state index < -0.39 is 35.9 Å². The first-order chi connectivity index (χ1) is 17.0. The first kappa shape index (κ1) is 23.7. The number of anilines is 1. The van der Waals surface area contributed by atoms with Crippen LogP contribution >= 0.6 is 0 Å². The fourth-order valence-corrected chi connectivity index (χ4v) is 4.43. The third-order valence-corrected chi connectivity index (χ3v) is 6.14. The van der Waals surface area contributed by atoms with E-state index in [2.05, 4.69) is 21.4 Å². The number of rotatable bonds is 5. The second-order valence-corrected chi connectivity index (χ2v) is 8.47. The molecular formula is C23H19F4N5O4. The Kier molecular flexibility index (Phi) is 5.66. The molecule has 0 unspecified atom stereocenters. The van der Waals surface area contributed by atoms with Crippen LogP contribution in [0.25, 0.3) is 16.7 Å². The Morgan fingerprint density at radius 2 is 1.86 bits per heavy atom. The van der Waals surface area contributed by atoms with Crippen LogP contribution in [0.1, 0.15) is 18.0 Å². The Hall–Kier alpha value is -4.00. The van der Waals surface area contributed by atoms with Crippen molar-refractivity contribution in [2.45, 2.75) is 24.8 Å². The van der Waals surface area contributed by atoms with Crippen LogP contribution in [0.4, 0.5) is 23.2 Å². The number of nitrogens with zero attached hydrogens (tertiary/aromatic N) is 5. The lowest BCUT2D eigenvalue weighted by Crippen LogP contribution is -2.48. The molecule has 0 radical (unpaired) electrons. The van der Waals surface area contributed by atoms with E-state index >= 15 is 0 Å². The molecule has 4 heterocycles. The van der Waals surface area contributed by atoms with Crippen molar-refractivity contribution in [1.29, 1.82) is 0 Å². The highest BCUT2D eigenvalue weighted by molar-refractivity contribution is 6.06. The third-order valence-electron chi connectivity index (χ3n) is 6.14. The number of hydrogen-bond donors (Lipinski definition) is 1. The summed E-state index contributed by atoms with van der Waals surface area (Å²) in [6.07, 6.45) is -4.27. The molecule has 13 heteroatoms. The maximum absolute atomic E-state index is 13.3. The second kappa shape index (κ2) is 8.59. The van der Waals surface area contributed by atoms with E-state index in [1.165, 1.54) is 32.8 Å². The quantitative estimate of drug-likeness (QED) is 0.423. The van der Waals surface area contributed by atoms with Gasteiger partial charge in [-0.1, -0.05) is 6.58 Å². The molecule has 0 bridgehead atoms. The summed E-state index contributed by atoms with van der Waals surface area (Å²) in [5.74, 6) is -3.12. The van der Waals surface area contributed by atoms with Crippen LogP contribution in [-0.4, -0.2) is 68.7 Å². The summed E-state index contributed by atoms with van der Waals surface area (Å²) in [6.45, 7) is 3.59. The first-order valence-corrected chi connectivity index (χ1v) is 10.9. The fourth-order valence-electron chi connectivity index (χ4n) is 4.43. The van der Waals surface area contributed by atoms with Gasteiger partial charge in [-0.2, -0.15) is 5.10 Å². The van der Waals surface area contributed by atoms with Crippen LogP contribution in [0, 0.1) is 0 Å². The van der Waals surface area contributed by atoms with E-state index in [0.717, 1.165) is 12.1 Å². The number of carbonyl (C=O) groups excluding carboxylic acids is 2. The van der Waals surface area contributed by atoms with E-state index in [9.17, 15) is 32.3 Å². The van der Waals surface area contributed by atoms with Crippen LogP contribution in [0.3, 0.4) is 0 Å². The normalized spacial score (nSPS) is 18.6. The van der Waals surface area contributed by atoms with E-state index in [-0.39, 0.29) is 32.0 Å². The monoisotopic (exact) mass is 505 g/mol. The van der Waals surface area contributed by atoms with Crippen LogP contribution < -0.4 is 9.64 Å². The van der Waals surface area contributed by atoms with Gasteiger partial charge in [0.2, 0.25) is 0 Å². The number of alkyl halides is 3. The number of hydrogen-bond acceptors (Lipinski definition) is 6. The highest BCUT2D eigenvalue weighted by Crippen LogP contribution is 2.39. The number of fused-ring (bicyclic) bond motifs is 1. The number of pyridine rings is 1. The van der Waals surface area contributed by atoms with Crippen molar-refractivity contribution in [2.75, 3.05) is 24.5 Å². The van der Waals surface area contributed by atoms with Crippen molar-refractivity contribution in [3.63, 3.8) is 0 Å². The molecule has 2 amide bonds. The zero-order chi connectivity index (χ0) is 25.8. The number of halogens is 4. The maximum atomic E-state index is 13.3. The van der Waals surface area contributed by atoms with Crippen molar-refractivity contribution >= 4 is 28.5 Å². The van der Waals surface area contributed by atoms with Gasteiger partial charge in [0.1, 0.15) is 11.9 Å². The van der Waals surface area contributed by atoms with Gasteiger partial charge in [-0.05, 0) is 30.3 Å². The van der Waals surface area contributed by atoms with Gasteiger partial charge < -0.3 is 19.6 Å². The Morgan fingerprint density at radius 3 is 2.44 bits per heavy atom. The number of likely N-dealkylation sites (tertiary alicyclic amines) is 1. The number of amides is 2. The number of carbonyl (C=O) groups is 2. The van der Waals surface area contributed by atoms with Gasteiger partial charge in [0.15, 0.2) is 11.5 Å². The zero-order valence-corrected chi connectivity index (χ0v) is 18.6. The summed E-state index contributed by atoms with van der Waals surface area (Å²) in [5, 5.41) is 15.1. The molecule has 36 heavy (non-hydrogen) atoms. The lowest BCUT2D eigenvalue weighted by molar-refractivity contribution is -0.274. The van der Waals surface area contributed by atoms with Gasteiger partial charge >= 0.3 is 6.36 Å². The van der Waals surface area contributed by atoms with Crippen molar-refractivity contribution in [2.24, 2.45) is 0 Å². The molecule has 0 saturated carbocycles. The van der Waals surface area contributed by atoms with Crippen LogP contribution in [-0.2, 0) is 9.59 Å². The minimum Gasteiger partial charge on any atom is -0.406 e. The Balaban J connectivity index is 1.58. The third kappa shape index (κ3) is 4.15. The summed E-state index contributed by atoms with van der Waals surface area (Å²) >= 11 is 0. The van der Waals surface area contributed by atoms with Crippen molar-refractivity contribution in [1.82, 2.24) is 19.7 Å². The van der Waals surface area contributed by atoms with Crippen molar-refractivity contribution in [3.05, 3.63) is 54.6 Å². The average Bonchev–Trinajstić information content (AvgIpc) is 3.33. The van der Waals surface area contributed by atoms with E-state index in [0.29, 0.717) is 28.1 Å². The molecule has 9 nitrogen and oxygen atoms in total. The largest absolute Gasteiger partial charge is 0.573 e. The molecule has 2 fully saturated rings. The summed E-state index contributed by atoms with van der Waals surface area (Å²) in [6, 6.07) is 6.63. The highest BCUT2D eigenvalue weighted by atomic mass is 19.4. The van der Waals surface area contributed by atoms with Gasteiger partial charge in [-0.25, -0.2) is 14.1 Å². The molecule has 2 saturated heterocycles. The van der Waals surface area contributed by atoms with E-state index in [1.54, 1.807) is 6.07 Å². The van der Waals surface area contributed by atoms with Gasteiger partial charge in [0, 0.05) is 38.2 Å². The smallest absolute Gasteiger partial charge is 0.406 e. The van der Waals surface area contributed by atoms with Gasteiger partial charge in [0.25, 0.3) is 11.8 Å². The Bertz CT molecular complexity index is 1370.